The van der Waals surface area contributed by atoms with Gasteiger partial charge in [0.2, 0.25) is 5.91 Å². The Balaban J connectivity index is 4.40. The van der Waals surface area contributed by atoms with E-state index in [-0.39, 0.29) is 18.9 Å². The fourth-order valence-electron chi connectivity index (χ4n) is 7.21. The molecule has 0 saturated carbocycles. The Kier molecular flexibility index (Phi) is 45.1. The minimum Gasteiger partial charge on any atom is -0.756 e. The number of carbonyl (C=O) groups is 1. The van der Waals surface area contributed by atoms with E-state index in [2.05, 4.69) is 92.1 Å². The van der Waals surface area contributed by atoms with Gasteiger partial charge < -0.3 is 28.8 Å². The molecule has 0 aromatic carbocycles. The number of nitrogens with zero attached hydrogens (tertiary/aromatic N) is 1. The molecule has 0 rings (SSSR count). The highest BCUT2D eigenvalue weighted by atomic mass is 31.2. The Hall–Kier alpha value is -2.32. The van der Waals surface area contributed by atoms with Gasteiger partial charge in [0.1, 0.15) is 13.2 Å². The maximum absolute atomic E-state index is 12.9. The minimum absolute atomic E-state index is 0.0139. The van der Waals surface area contributed by atoms with Crippen LogP contribution in [0.3, 0.4) is 0 Å². The van der Waals surface area contributed by atoms with E-state index >= 15 is 0 Å². The number of unbranched alkanes of at least 4 members (excludes halogenated alkanes) is 22. The topological polar surface area (TPSA) is 108 Å². The Morgan fingerprint density at radius 3 is 1.37 bits per heavy atom. The highest BCUT2D eigenvalue weighted by Gasteiger charge is 2.23. The van der Waals surface area contributed by atoms with Crippen LogP contribution in [-0.2, 0) is 18.4 Å². The number of phosphoric acid groups is 1. The third kappa shape index (κ3) is 49.4. The van der Waals surface area contributed by atoms with Crippen LogP contribution in [0.4, 0.5) is 0 Å². The van der Waals surface area contributed by atoms with Gasteiger partial charge in [-0.15, -0.1) is 0 Å². The molecule has 0 heterocycles. The van der Waals surface area contributed by atoms with Gasteiger partial charge in [0.25, 0.3) is 7.82 Å². The first-order chi connectivity index (χ1) is 31.5. The molecule has 0 aliphatic carbocycles. The predicted molar refractivity (Wildman–Crippen MR) is 279 cm³/mol. The van der Waals surface area contributed by atoms with Crippen LogP contribution in [0, 0.1) is 0 Å². The number of allylic oxidation sites excluding steroid dienone is 13. The summed E-state index contributed by atoms with van der Waals surface area (Å²) in [6.07, 6.45) is 65.0. The Labute approximate surface area is 401 Å². The summed E-state index contributed by atoms with van der Waals surface area (Å²) in [6.45, 7) is 4.50. The molecule has 0 aromatic rings. The van der Waals surface area contributed by atoms with Gasteiger partial charge in [-0.3, -0.25) is 9.36 Å². The number of phosphoric ester groups is 1. The summed E-state index contributed by atoms with van der Waals surface area (Å²) in [6, 6.07) is -0.915. The van der Waals surface area contributed by atoms with Crippen molar-refractivity contribution in [1.82, 2.24) is 5.32 Å². The second-order valence-electron chi connectivity index (χ2n) is 18.9. The van der Waals surface area contributed by atoms with Crippen LogP contribution < -0.4 is 10.2 Å². The van der Waals surface area contributed by atoms with Gasteiger partial charge >= 0.3 is 0 Å². The Bertz CT molecular complexity index is 1330. The average Bonchev–Trinajstić information content (AvgIpc) is 3.26. The molecule has 0 aromatic heterocycles. The van der Waals surface area contributed by atoms with Crippen molar-refractivity contribution in [3.63, 3.8) is 0 Å². The first kappa shape index (κ1) is 62.7. The molecule has 0 radical (unpaired) electrons. The van der Waals surface area contributed by atoms with Crippen molar-refractivity contribution >= 4 is 13.7 Å². The molecule has 65 heavy (non-hydrogen) atoms. The molecule has 376 valence electrons. The van der Waals surface area contributed by atoms with E-state index in [1.807, 2.05) is 27.2 Å². The smallest absolute Gasteiger partial charge is 0.268 e. The molecule has 1 amide bonds. The second kappa shape index (κ2) is 46.8. The lowest BCUT2D eigenvalue weighted by atomic mass is 10.0. The summed E-state index contributed by atoms with van der Waals surface area (Å²) in [4.78, 5) is 25.4. The number of carbonyl (C=O) groups excluding carboxylic acids is 1. The highest BCUT2D eigenvalue weighted by molar-refractivity contribution is 7.45. The van der Waals surface area contributed by atoms with Gasteiger partial charge in [0.15, 0.2) is 0 Å². The Morgan fingerprint density at radius 1 is 0.554 bits per heavy atom. The summed E-state index contributed by atoms with van der Waals surface area (Å²) in [5, 5.41) is 13.8. The molecule has 0 fully saturated rings. The summed E-state index contributed by atoms with van der Waals surface area (Å²) >= 11 is 0. The molecular formula is C56H101N2O6P. The Morgan fingerprint density at radius 2 is 0.938 bits per heavy atom. The standard InChI is InChI=1S/C56H101N2O6P/c1-6-8-10-12-14-16-18-20-22-24-26-28-30-31-33-35-37-39-41-43-45-47-49-55(59)54(53-64-65(61,62)63-52-51-58(3,4)5)57-56(60)50-48-46-44-42-40-38-36-34-32-29-27-25-23-21-19-17-15-13-11-9-7-2/h9,11,15,17,21,23,27,29,34,36,40,42,47,49,54-55,59H,6-8,10,12-14,16,18-20,22,24-26,28,30-33,35,37-39,41,43-46,48,50-53H2,1-5H3,(H-,57,60,61,62)/b11-9-,17-15-,23-21-,29-27-,36-34-,42-40-,49-47+. The maximum atomic E-state index is 12.9. The third-order valence-electron chi connectivity index (χ3n) is 11.4. The van der Waals surface area contributed by atoms with Gasteiger partial charge in [0.05, 0.1) is 39.9 Å². The maximum Gasteiger partial charge on any atom is 0.268 e. The lowest BCUT2D eigenvalue weighted by Gasteiger charge is -2.29. The fourth-order valence-corrected chi connectivity index (χ4v) is 7.94. The monoisotopic (exact) mass is 929 g/mol. The van der Waals surface area contributed by atoms with Crippen molar-refractivity contribution in [2.75, 3.05) is 40.9 Å². The van der Waals surface area contributed by atoms with Crippen LogP contribution in [0.25, 0.3) is 0 Å². The van der Waals surface area contributed by atoms with Crippen molar-refractivity contribution < 1.29 is 32.9 Å². The second-order valence-corrected chi connectivity index (χ2v) is 20.3. The van der Waals surface area contributed by atoms with Gasteiger partial charge in [-0.2, -0.15) is 0 Å². The van der Waals surface area contributed by atoms with Crippen molar-refractivity contribution in [1.29, 1.82) is 0 Å². The molecule has 3 unspecified atom stereocenters. The van der Waals surface area contributed by atoms with E-state index in [0.29, 0.717) is 17.4 Å². The van der Waals surface area contributed by atoms with E-state index < -0.39 is 26.6 Å². The summed E-state index contributed by atoms with van der Waals surface area (Å²) in [5.41, 5.74) is 0. The third-order valence-corrected chi connectivity index (χ3v) is 12.3. The van der Waals surface area contributed by atoms with Gasteiger partial charge in [-0.25, -0.2) is 0 Å². The molecule has 0 bridgehead atoms. The van der Waals surface area contributed by atoms with E-state index in [0.717, 1.165) is 70.6 Å². The first-order valence-corrected chi connectivity index (χ1v) is 27.9. The van der Waals surface area contributed by atoms with E-state index in [4.69, 9.17) is 9.05 Å². The van der Waals surface area contributed by atoms with E-state index in [1.165, 1.54) is 116 Å². The van der Waals surface area contributed by atoms with Crippen LogP contribution in [-0.4, -0.2) is 68.5 Å². The largest absolute Gasteiger partial charge is 0.756 e. The van der Waals surface area contributed by atoms with Crippen LogP contribution in [0.2, 0.25) is 0 Å². The van der Waals surface area contributed by atoms with Crippen molar-refractivity contribution in [2.45, 2.75) is 225 Å². The van der Waals surface area contributed by atoms with Crippen LogP contribution in [0.15, 0.2) is 85.1 Å². The molecule has 0 aliphatic rings. The van der Waals surface area contributed by atoms with Crippen molar-refractivity contribution in [2.24, 2.45) is 0 Å². The molecule has 0 spiro atoms. The van der Waals surface area contributed by atoms with E-state index in [1.54, 1.807) is 6.08 Å². The number of hydrogen-bond acceptors (Lipinski definition) is 6. The van der Waals surface area contributed by atoms with Gasteiger partial charge in [-0.1, -0.05) is 221 Å². The molecule has 3 atom stereocenters. The van der Waals surface area contributed by atoms with Gasteiger partial charge in [-0.05, 0) is 70.6 Å². The molecule has 9 heteroatoms. The number of rotatable bonds is 47. The summed E-state index contributed by atoms with van der Waals surface area (Å²) in [5.74, 6) is -0.241. The quantitative estimate of drug-likeness (QED) is 0.0272. The predicted octanol–water partition coefficient (Wildman–Crippen LogP) is 15.1. The average molecular weight is 929 g/mol. The van der Waals surface area contributed by atoms with Gasteiger partial charge in [0, 0.05) is 6.42 Å². The minimum atomic E-state index is -4.61. The first-order valence-electron chi connectivity index (χ1n) is 26.4. The zero-order chi connectivity index (χ0) is 47.8. The zero-order valence-corrected chi connectivity index (χ0v) is 43.6. The number of likely N-dealkylation sites (N-methyl/N-ethyl adjacent to an activating group) is 1. The zero-order valence-electron chi connectivity index (χ0n) is 42.7. The molecule has 2 N–H and O–H groups in total. The van der Waals surface area contributed by atoms with Crippen molar-refractivity contribution in [3.8, 4) is 0 Å². The summed E-state index contributed by atoms with van der Waals surface area (Å²) in [7, 11) is 1.22. The lowest BCUT2D eigenvalue weighted by Crippen LogP contribution is -2.45. The molecule has 0 saturated heterocycles. The number of nitrogens with one attached hydrogen (secondary N) is 1. The van der Waals surface area contributed by atoms with Crippen LogP contribution >= 0.6 is 7.82 Å². The molecule has 8 nitrogen and oxygen atoms in total. The number of aliphatic hydroxyl groups excluding tert-OH is 1. The normalized spacial score (nSPS) is 14.8. The molecule has 0 aliphatic heterocycles. The highest BCUT2D eigenvalue weighted by Crippen LogP contribution is 2.38. The number of quaternary nitrogens is 1. The SMILES string of the molecule is CC/C=C\C/C=C\C/C=C\C/C=C\C/C=C\C/C=C\CCCCC(=O)NC(COP(=O)([O-])OCC[N+](C)(C)C)C(O)/C=C/CCCCCCCCCCCCCCCCCCCCCC. The number of amides is 1. The summed E-state index contributed by atoms with van der Waals surface area (Å²) < 4.78 is 23.3. The fraction of sp³-hybridized carbons (Fsp3) is 0.732. The van der Waals surface area contributed by atoms with Crippen molar-refractivity contribution in [3.05, 3.63) is 85.1 Å². The van der Waals surface area contributed by atoms with E-state index in [9.17, 15) is 19.4 Å². The van der Waals surface area contributed by atoms with Crippen LogP contribution in [0.5, 0.6) is 0 Å². The lowest BCUT2D eigenvalue weighted by molar-refractivity contribution is -0.870. The number of hydrogen-bond donors (Lipinski definition) is 2. The molecular weight excluding hydrogens is 828 g/mol. The van der Waals surface area contributed by atoms with Crippen LogP contribution in [0.1, 0.15) is 213 Å². The number of aliphatic hydroxyl groups is 1.